The molecule has 8 heteroatoms. The molecule has 2 aliphatic rings. The molecule has 3 amide bonds. The summed E-state index contributed by atoms with van der Waals surface area (Å²) >= 11 is 0. The normalized spacial score (nSPS) is 28.5. The summed E-state index contributed by atoms with van der Waals surface area (Å²) in [5, 5.41) is 2.78. The second-order valence-corrected chi connectivity index (χ2v) is 9.65. The molecular formula is C25H40N4O4. The number of rotatable bonds is 4. The lowest BCUT2D eigenvalue weighted by atomic mass is 9.93. The van der Waals surface area contributed by atoms with Crippen molar-refractivity contribution in [2.24, 2.45) is 22.6 Å². The molecular weight excluding hydrogens is 420 g/mol. The summed E-state index contributed by atoms with van der Waals surface area (Å²) < 4.78 is 0. The Kier molecular flexibility index (Phi) is 10.9. The van der Waals surface area contributed by atoms with Crippen LogP contribution >= 0.6 is 0 Å². The predicted molar refractivity (Wildman–Crippen MR) is 129 cm³/mol. The van der Waals surface area contributed by atoms with E-state index in [1.165, 1.54) is 12.3 Å². The average molecular weight is 461 g/mol. The fraction of sp³-hybridized carbons (Fsp3) is 0.720. The van der Waals surface area contributed by atoms with Crippen LogP contribution in [0.25, 0.3) is 0 Å². The van der Waals surface area contributed by atoms with Gasteiger partial charge < -0.3 is 16.0 Å². The number of nitrogens with zero attached hydrogens (tertiary/aromatic N) is 2. The van der Waals surface area contributed by atoms with Crippen molar-refractivity contribution in [1.82, 2.24) is 10.2 Å². The molecule has 0 aromatic carbocycles. The van der Waals surface area contributed by atoms with Crippen LogP contribution in [0.1, 0.15) is 78.1 Å². The van der Waals surface area contributed by atoms with Crippen LogP contribution in [0.15, 0.2) is 17.6 Å². The molecule has 0 radical (unpaired) electrons. The molecule has 0 aromatic heterocycles. The Hall–Kier alpha value is -2.35. The van der Waals surface area contributed by atoms with Crippen LogP contribution in [0.4, 0.5) is 0 Å². The van der Waals surface area contributed by atoms with E-state index in [1.807, 2.05) is 0 Å². The average Bonchev–Trinajstić information content (AvgIpc) is 3.24. The Morgan fingerprint density at radius 3 is 2.30 bits per heavy atom. The van der Waals surface area contributed by atoms with Gasteiger partial charge in [-0.25, -0.2) is 4.99 Å². The first-order chi connectivity index (χ1) is 15.8. The van der Waals surface area contributed by atoms with Gasteiger partial charge in [-0.2, -0.15) is 0 Å². The highest BCUT2D eigenvalue weighted by Crippen LogP contribution is 2.30. The number of nitrogens with one attached hydrogen (secondary N) is 1. The minimum absolute atomic E-state index is 0.173. The van der Waals surface area contributed by atoms with Gasteiger partial charge in [0, 0.05) is 12.8 Å². The zero-order valence-electron chi connectivity index (χ0n) is 20.1. The van der Waals surface area contributed by atoms with Crippen molar-refractivity contribution in [2.45, 2.75) is 96.2 Å². The first-order valence-electron chi connectivity index (χ1n) is 12.4. The molecule has 33 heavy (non-hydrogen) atoms. The smallest absolute Gasteiger partial charge is 0.315 e. The van der Waals surface area contributed by atoms with Crippen LogP contribution in [-0.2, 0) is 19.2 Å². The monoisotopic (exact) mass is 460 g/mol. The van der Waals surface area contributed by atoms with Crippen molar-refractivity contribution in [1.29, 1.82) is 0 Å². The number of hydrogen-bond donors (Lipinski definition) is 2. The topological polar surface area (TPSA) is 122 Å². The molecule has 2 saturated heterocycles. The summed E-state index contributed by atoms with van der Waals surface area (Å²) in [6.45, 7) is 8.08. The van der Waals surface area contributed by atoms with Crippen molar-refractivity contribution in [3.63, 3.8) is 0 Å². The van der Waals surface area contributed by atoms with Crippen LogP contribution in [0, 0.1) is 11.8 Å². The Balaban J connectivity index is 2.26. The Bertz CT molecular complexity index is 749. The van der Waals surface area contributed by atoms with Gasteiger partial charge in [0.1, 0.15) is 6.04 Å². The van der Waals surface area contributed by atoms with E-state index in [0.29, 0.717) is 31.7 Å². The number of fused-ring (bicyclic) bond motifs is 1. The molecule has 0 aromatic rings. The molecule has 184 valence electrons. The maximum Gasteiger partial charge on any atom is 0.315 e. The number of nitrogens with two attached hydrogens (primary N) is 1. The van der Waals surface area contributed by atoms with Crippen molar-refractivity contribution in [2.75, 3.05) is 6.54 Å². The molecule has 2 fully saturated rings. The van der Waals surface area contributed by atoms with E-state index in [9.17, 15) is 19.2 Å². The van der Waals surface area contributed by atoms with Gasteiger partial charge in [0.25, 0.3) is 0 Å². The van der Waals surface area contributed by atoms with E-state index < -0.39 is 35.7 Å². The number of carbonyl (C=O) groups is 4. The highest BCUT2D eigenvalue weighted by Gasteiger charge is 2.42. The second kappa shape index (κ2) is 13.4. The van der Waals surface area contributed by atoms with Gasteiger partial charge in [-0.1, -0.05) is 71.4 Å². The maximum atomic E-state index is 13.3. The highest BCUT2D eigenvalue weighted by atomic mass is 16.2. The fourth-order valence-electron chi connectivity index (χ4n) is 4.65. The third kappa shape index (κ3) is 7.88. The molecule has 3 N–H and O–H groups in total. The molecule has 0 spiro atoms. The van der Waals surface area contributed by atoms with Gasteiger partial charge >= 0.3 is 5.91 Å². The van der Waals surface area contributed by atoms with E-state index in [1.54, 1.807) is 4.90 Å². The molecule has 0 aliphatic carbocycles. The Labute approximate surface area is 197 Å². The van der Waals surface area contributed by atoms with Gasteiger partial charge in [0.2, 0.25) is 17.6 Å². The van der Waals surface area contributed by atoms with Gasteiger partial charge in [0.05, 0.1) is 12.1 Å². The lowest BCUT2D eigenvalue weighted by Gasteiger charge is -2.28. The number of allylic oxidation sites excluding steroid dienone is 1. The summed E-state index contributed by atoms with van der Waals surface area (Å²) in [6.07, 6.45) is 10.7. The van der Waals surface area contributed by atoms with E-state index in [-0.39, 0.29) is 11.8 Å². The summed E-state index contributed by atoms with van der Waals surface area (Å²) in [5.74, 6) is -1.78. The van der Waals surface area contributed by atoms with Crippen molar-refractivity contribution in [3.8, 4) is 0 Å². The summed E-state index contributed by atoms with van der Waals surface area (Å²) in [7, 11) is 0. The Morgan fingerprint density at radius 1 is 1.09 bits per heavy atom. The quantitative estimate of drug-likeness (QED) is 0.493. The highest BCUT2D eigenvalue weighted by molar-refractivity contribution is 6.40. The van der Waals surface area contributed by atoms with Crippen LogP contribution in [0.3, 0.4) is 0 Å². The minimum atomic E-state index is -0.955. The van der Waals surface area contributed by atoms with Crippen molar-refractivity contribution in [3.05, 3.63) is 12.7 Å². The molecule has 4 atom stereocenters. The number of carbonyl (C=O) groups excluding carboxylic acids is 4. The van der Waals surface area contributed by atoms with E-state index in [4.69, 9.17) is 5.73 Å². The predicted octanol–water partition coefficient (Wildman–Crippen LogP) is 2.55. The first-order valence-corrected chi connectivity index (χ1v) is 12.4. The summed E-state index contributed by atoms with van der Waals surface area (Å²) in [6, 6.07) is -2.28. The number of aliphatic imine (C=N–C) groups is 1. The Morgan fingerprint density at radius 2 is 1.70 bits per heavy atom. The molecule has 8 nitrogen and oxygen atoms in total. The molecule has 2 heterocycles. The molecule has 2 aliphatic heterocycles. The maximum absolute atomic E-state index is 13.3. The number of hydrogen-bond acceptors (Lipinski definition) is 5. The summed E-state index contributed by atoms with van der Waals surface area (Å²) in [4.78, 5) is 56.6. The lowest BCUT2D eigenvalue weighted by molar-refractivity contribution is -0.142. The van der Waals surface area contributed by atoms with Crippen molar-refractivity contribution >= 4 is 29.7 Å². The van der Waals surface area contributed by atoms with Crippen LogP contribution in [0.2, 0.25) is 0 Å². The molecule has 0 unspecified atom stereocenters. The zero-order chi connectivity index (χ0) is 24.4. The minimum Gasteiger partial charge on any atom is -0.344 e. The van der Waals surface area contributed by atoms with Crippen LogP contribution in [-0.4, -0.2) is 59.3 Å². The van der Waals surface area contributed by atoms with Gasteiger partial charge in [0.15, 0.2) is 0 Å². The SMILES string of the molecule is C=CC=NC(=O)C(=O)[C@@H]1CCCCCCCCC[C@H](N)C(=O)N2C[C@H](C(C)C)C[C@H]2C(=O)N1. The van der Waals surface area contributed by atoms with Crippen LogP contribution < -0.4 is 11.1 Å². The number of ketones is 1. The molecule has 2 rings (SSSR count). The standard InChI is InChI=1S/C25H40N4O4/c1-4-14-27-24(32)22(30)20-13-11-9-7-5-6-8-10-12-19(26)25(33)29-16-18(17(2)3)15-21(29)23(31)28-20/h4,14,17-21H,1,5-13,15-16,26H2,2-3H3,(H,28,31)/t18-,19+,20+,21+/m1/s1. The largest absolute Gasteiger partial charge is 0.344 e. The second-order valence-electron chi connectivity index (χ2n) is 9.65. The number of amides is 3. The van der Waals surface area contributed by atoms with Crippen molar-refractivity contribution < 1.29 is 19.2 Å². The third-order valence-corrected chi connectivity index (χ3v) is 6.83. The third-order valence-electron chi connectivity index (χ3n) is 6.83. The van der Waals surface area contributed by atoms with Gasteiger partial charge in [-0.3, -0.25) is 19.2 Å². The molecule has 0 saturated carbocycles. The van der Waals surface area contributed by atoms with E-state index in [2.05, 4.69) is 30.7 Å². The molecule has 0 bridgehead atoms. The summed E-state index contributed by atoms with van der Waals surface area (Å²) in [5.41, 5.74) is 6.22. The first kappa shape index (κ1) is 26.9. The van der Waals surface area contributed by atoms with E-state index >= 15 is 0 Å². The zero-order valence-corrected chi connectivity index (χ0v) is 20.1. The van der Waals surface area contributed by atoms with E-state index in [0.717, 1.165) is 44.9 Å². The number of Topliss-reactive ketones (excluding diaryl/α,β-unsaturated/α-hetero) is 1. The lowest BCUT2D eigenvalue weighted by Crippen LogP contribution is -2.54. The van der Waals surface area contributed by atoms with Gasteiger partial charge in [-0.05, 0) is 31.1 Å². The van der Waals surface area contributed by atoms with Crippen LogP contribution in [0.5, 0.6) is 0 Å². The van der Waals surface area contributed by atoms with Gasteiger partial charge in [-0.15, -0.1) is 0 Å². The fourth-order valence-corrected chi connectivity index (χ4v) is 4.65.